The lowest BCUT2D eigenvalue weighted by Crippen LogP contribution is -2.28. The van der Waals surface area contributed by atoms with Crippen molar-refractivity contribution in [3.63, 3.8) is 0 Å². The Kier molecular flexibility index (Phi) is 7.28. The van der Waals surface area contributed by atoms with Crippen LogP contribution < -0.4 is 19.5 Å². The van der Waals surface area contributed by atoms with Crippen LogP contribution in [-0.2, 0) is 6.61 Å². The van der Waals surface area contributed by atoms with Gasteiger partial charge in [-0.25, -0.2) is 0 Å². The van der Waals surface area contributed by atoms with Gasteiger partial charge in [-0.2, -0.15) is 5.26 Å². The number of nitrogens with one attached hydrogen (secondary N) is 1. The molecule has 0 saturated heterocycles. The van der Waals surface area contributed by atoms with Crippen LogP contribution in [0.25, 0.3) is 0 Å². The lowest BCUT2D eigenvalue weighted by atomic mass is 10.1. The highest BCUT2D eigenvalue weighted by Gasteiger charge is 2.07. The van der Waals surface area contributed by atoms with Gasteiger partial charge >= 0.3 is 0 Å². The van der Waals surface area contributed by atoms with E-state index in [0.29, 0.717) is 42.4 Å². The number of rotatable bonds is 9. The first-order chi connectivity index (χ1) is 14.7. The third-order valence-corrected chi connectivity index (χ3v) is 4.28. The van der Waals surface area contributed by atoms with E-state index in [4.69, 9.17) is 19.5 Å². The molecule has 0 radical (unpaired) electrons. The molecular formula is C24H22N2O4. The highest BCUT2D eigenvalue weighted by atomic mass is 16.5. The number of methoxy groups -OCH3 is 1. The van der Waals surface area contributed by atoms with Crippen molar-refractivity contribution < 1.29 is 19.0 Å². The smallest absolute Gasteiger partial charge is 0.251 e. The SMILES string of the molecule is COc1cccc(OCCNC(=O)c2cccc(COc3ccc(C#N)cc3)c2)c1. The Balaban J connectivity index is 1.47. The number of nitriles is 1. The lowest BCUT2D eigenvalue weighted by Gasteiger charge is -2.10. The molecule has 1 N–H and O–H groups in total. The van der Waals surface area contributed by atoms with Gasteiger partial charge in [0.25, 0.3) is 5.91 Å². The third kappa shape index (κ3) is 6.01. The predicted molar refractivity (Wildman–Crippen MR) is 113 cm³/mol. The summed E-state index contributed by atoms with van der Waals surface area (Å²) in [5.74, 6) is 1.89. The van der Waals surface area contributed by atoms with Crippen LogP contribution >= 0.6 is 0 Å². The summed E-state index contributed by atoms with van der Waals surface area (Å²) in [5.41, 5.74) is 2.01. The summed E-state index contributed by atoms with van der Waals surface area (Å²) in [6, 6.07) is 23.5. The Morgan fingerprint density at radius 2 is 1.70 bits per heavy atom. The molecule has 1 amide bonds. The van der Waals surface area contributed by atoms with Gasteiger partial charge in [-0.05, 0) is 54.1 Å². The van der Waals surface area contributed by atoms with Gasteiger partial charge in [-0.1, -0.05) is 18.2 Å². The van der Waals surface area contributed by atoms with E-state index in [1.165, 1.54) is 0 Å². The van der Waals surface area contributed by atoms with Gasteiger partial charge in [0.15, 0.2) is 0 Å². The first-order valence-electron chi connectivity index (χ1n) is 9.45. The minimum absolute atomic E-state index is 0.176. The van der Waals surface area contributed by atoms with Gasteiger partial charge in [0.05, 0.1) is 25.3 Å². The first-order valence-corrected chi connectivity index (χ1v) is 9.45. The number of ether oxygens (including phenoxy) is 3. The average molecular weight is 402 g/mol. The van der Waals surface area contributed by atoms with Crippen molar-refractivity contribution >= 4 is 5.91 Å². The van der Waals surface area contributed by atoms with Gasteiger partial charge in [0, 0.05) is 11.6 Å². The third-order valence-electron chi connectivity index (χ3n) is 4.28. The standard InChI is InChI=1S/C24H22N2O4/c1-28-22-6-3-7-23(15-22)29-13-12-26-24(27)20-5-2-4-19(14-20)17-30-21-10-8-18(16-25)9-11-21/h2-11,14-15H,12-13,17H2,1H3,(H,26,27). The van der Waals surface area contributed by atoms with Crippen molar-refractivity contribution in [2.45, 2.75) is 6.61 Å². The van der Waals surface area contributed by atoms with E-state index in [2.05, 4.69) is 11.4 Å². The maximum atomic E-state index is 12.4. The Morgan fingerprint density at radius 1 is 0.933 bits per heavy atom. The van der Waals surface area contributed by atoms with Crippen LogP contribution in [0.3, 0.4) is 0 Å². The molecule has 3 rings (SSSR count). The second-order valence-corrected chi connectivity index (χ2v) is 6.41. The van der Waals surface area contributed by atoms with Crippen LogP contribution in [0.4, 0.5) is 0 Å². The van der Waals surface area contributed by atoms with Crippen molar-refractivity contribution in [3.05, 3.63) is 89.5 Å². The monoisotopic (exact) mass is 402 g/mol. The highest BCUT2D eigenvalue weighted by Crippen LogP contribution is 2.18. The highest BCUT2D eigenvalue weighted by molar-refractivity contribution is 5.94. The van der Waals surface area contributed by atoms with Gasteiger partial charge in [0.1, 0.15) is 30.5 Å². The molecule has 30 heavy (non-hydrogen) atoms. The van der Waals surface area contributed by atoms with E-state index >= 15 is 0 Å². The van der Waals surface area contributed by atoms with Crippen LogP contribution in [0, 0.1) is 11.3 Å². The Labute approximate surface area is 175 Å². The molecule has 6 heteroatoms. The summed E-state index contributed by atoms with van der Waals surface area (Å²) in [6.07, 6.45) is 0. The molecule has 0 heterocycles. The van der Waals surface area contributed by atoms with Gasteiger partial charge < -0.3 is 19.5 Å². The number of amides is 1. The lowest BCUT2D eigenvalue weighted by molar-refractivity contribution is 0.0946. The number of carbonyl (C=O) groups is 1. The van der Waals surface area contributed by atoms with E-state index < -0.39 is 0 Å². The Hall–Kier alpha value is -3.98. The second-order valence-electron chi connectivity index (χ2n) is 6.41. The zero-order chi connectivity index (χ0) is 21.2. The maximum absolute atomic E-state index is 12.4. The van der Waals surface area contributed by atoms with E-state index in [0.717, 1.165) is 11.3 Å². The molecule has 0 aliphatic rings. The normalized spacial score (nSPS) is 10.0. The van der Waals surface area contributed by atoms with E-state index in [-0.39, 0.29) is 5.91 Å². The molecule has 0 bridgehead atoms. The summed E-state index contributed by atoms with van der Waals surface area (Å²) in [7, 11) is 1.60. The van der Waals surface area contributed by atoms with E-state index in [1.54, 1.807) is 49.6 Å². The zero-order valence-electron chi connectivity index (χ0n) is 16.6. The summed E-state index contributed by atoms with van der Waals surface area (Å²) in [6.45, 7) is 1.05. The first kappa shape index (κ1) is 20.7. The van der Waals surface area contributed by atoms with Gasteiger partial charge in [-0.3, -0.25) is 4.79 Å². The molecule has 0 aliphatic carbocycles. The van der Waals surface area contributed by atoms with Crippen LogP contribution in [-0.4, -0.2) is 26.2 Å². The van der Waals surface area contributed by atoms with Gasteiger partial charge in [-0.15, -0.1) is 0 Å². The molecule has 3 aromatic carbocycles. The molecular weight excluding hydrogens is 380 g/mol. The van der Waals surface area contributed by atoms with E-state index in [1.807, 2.05) is 30.3 Å². The average Bonchev–Trinajstić information content (AvgIpc) is 2.81. The summed E-state index contributed by atoms with van der Waals surface area (Å²) < 4.78 is 16.5. The van der Waals surface area contributed by atoms with Gasteiger partial charge in [0.2, 0.25) is 0 Å². The summed E-state index contributed by atoms with van der Waals surface area (Å²) in [5, 5.41) is 11.7. The quantitative estimate of drug-likeness (QED) is 0.548. The molecule has 0 aliphatic heterocycles. The van der Waals surface area contributed by atoms with E-state index in [9.17, 15) is 4.79 Å². The minimum Gasteiger partial charge on any atom is -0.497 e. The molecule has 0 saturated carbocycles. The van der Waals surface area contributed by atoms with Crippen molar-refractivity contribution in [1.29, 1.82) is 5.26 Å². The Bertz CT molecular complexity index is 1030. The number of hydrogen-bond donors (Lipinski definition) is 1. The molecule has 0 fully saturated rings. The predicted octanol–water partition coefficient (Wildman–Crippen LogP) is 3.95. The fourth-order valence-electron chi connectivity index (χ4n) is 2.72. The maximum Gasteiger partial charge on any atom is 0.251 e. The van der Waals surface area contributed by atoms with Crippen LogP contribution in [0.5, 0.6) is 17.2 Å². The number of hydrogen-bond acceptors (Lipinski definition) is 5. The largest absolute Gasteiger partial charge is 0.497 e. The second kappa shape index (κ2) is 10.5. The summed E-state index contributed by atoms with van der Waals surface area (Å²) in [4.78, 5) is 12.4. The molecule has 0 aromatic heterocycles. The van der Waals surface area contributed by atoms with Crippen molar-refractivity contribution in [2.75, 3.05) is 20.3 Å². The van der Waals surface area contributed by atoms with Crippen LogP contribution in [0.1, 0.15) is 21.5 Å². The van der Waals surface area contributed by atoms with Crippen LogP contribution in [0.2, 0.25) is 0 Å². The molecule has 3 aromatic rings. The Morgan fingerprint density at radius 3 is 2.47 bits per heavy atom. The molecule has 0 unspecified atom stereocenters. The molecule has 0 spiro atoms. The number of nitrogens with zero attached hydrogens (tertiary/aromatic N) is 1. The molecule has 152 valence electrons. The fraction of sp³-hybridized carbons (Fsp3) is 0.167. The number of carbonyl (C=O) groups excluding carboxylic acids is 1. The number of benzene rings is 3. The van der Waals surface area contributed by atoms with Crippen molar-refractivity contribution in [1.82, 2.24) is 5.32 Å². The molecule has 0 atom stereocenters. The van der Waals surface area contributed by atoms with Crippen molar-refractivity contribution in [3.8, 4) is 23.3 Å². The zero-order valence-corrected chi connectivity index (χ0v) is 16.6. The fourth-order valence-corrected chi connectivity index (χ4v) is 2.72. The minimum atomic E-state index is -0.176. The topological polar surface area (TPSA) is 80.6 Å². The van der Waals surface area contributed by atoms with Crippen molar-refractivity contribution in [2.24, 2.45) is 0 Å². The summed E-state index contributed by atoms with van der Waals surface area (Å²) >= 11 is 0. The molecule has 6 nitrogen and oxygen atoms in total. The van der Waals surface area contributed by atoms with Crippen LogP contribution in [0.15, 0.2) is 72.8 Å².